The van der Waals surface area contributed by atoms with Crippen LogP contribution in [0.4, 0.5) is 37.8 Å². The summed E-state index contributed by atoms with van der Waals surface area (Å²) in [6.45, 7) is 6.96. The van der Waals surface area contributed by atoms with Crippen LogP contribution >= 0.6 is 11.6 Å². The summed E-state index contributed by atoms with van der Waals surface area (Å²) in [5, 5.41) is 3.71. The van der Waals surface area contributed by atoms with Crippen molar-refractivity contribution in [2.45, 2.75) is 68.4 Å². The molecule has 1 saturated carbocycles. The molecule has 252 valence electrons. The Balaban J connectivity index is 1.26. The van der Waals surface area contributed by atoms with Gasteiger partial charge in [-0.25, -0.2) is 4.39 Å². The van der Waals surface area contributed by atoms with Crippen LogP contribution in [0.25, 0.3) is 27.6 Å². The summed E-state index contributed by atoms with van der Waals surface area (Å²) in [4.78, 5) is 13.5. The summed E-state index contributed by atoms with van der Waals surface area (Å²) in [6, 6.07) is 2.41. The number of nitrogens with one attached hydrogen (secondary N) is 1. The lowest BCUT2D eigenvalue weighted by Gasteiger charge is -2.43. The molecule has 3 N–H and O–H groups in total. The van der Waals surface area contributed by atoms with Crippen molar-refractivity contribution < 1.29 is 31.1 Å². The Morgan fingerprint density at radius 1 is 1.21 bits per heavy atom. The highest BCUT2D eigenvalue weighted by Gasteiger charge is 2.75. The molecule has 5 saturated heterocycles. The number of rotatable bonds is 4. The van der Waals surface area contributed by atoms with E-state index >= 15 is 4.39 Å². The van der Waals surface area contributed by atoms with Crippen LogP contribution in [0.5, 0.6) is 6.01 Å². The minimum absolute atomic E-state index is 0.0104. The summed E-state index contributed by atoms with van der Waals surface area (Å²) in [6.07, 6.45) is -3.57. The highest BCUT2D eigenvalue weighted by molar-refractivity contribution is 6.37. The first-order valence-corrected chi connectivity index (χ1v) is 16.4. The highest BCUT2D eigenvalue weighted by atomic mass is 35.5. The molecule has 0 amide bonds. The van der Waals surface area contributed by atoms with Crippen molar-refractivity contribution in [2.75, 3.05) is 36.9 Å². The Kier molecular flexibility index (Phi) is 6.22. The molecule has 48 heavy (non-hydrogen) atoms. The summed E-state index contributed by atoms with van der Waals surface area (Å²) in [7, 11) is 0. The van der Waals surface area contributed by atoms with E-state index in [4.69, 9.17) is 27.1 Å². The number of benzene rings is 2. The van der Waals surface area contributed by atoms with Crippen LogP contribution in [0.2, 0.25) is 5.02 Å². The number of aromatic nitrogens is 2. The van der Waals surface area contributed by atoms with Crippen LogP contribution in [-0.4, -0.2) is 64.3 Å². The Morgan fingerprint density at radius 2 is 2.00 bits per heavy atom. The van der Waals surface area contributed by atoms with Gasteiger partial charge in [0.15, 0.2) is 5.82 Å². The fourth-order valence-electron chi connectivity index (χ4n) is 9.82. The quantitative estimate of drug-likeness (QED) is 0.224. The molecule has 5 atom stereocenters. The molecule has 3 aromatic rings. The van der Waals surface area contributed by atoms with Gasteiger partial charge in [0.05, 0.1) is 27.1 Å². The second-order valence-electron chi connectivity index (χ2n) is 14.3. The van der Waals surface area contributed by atoms with Gasteiger partial charge in [0, 0.05) is 59.0 Å². The van der Waals surface area contributed by atoms with Gasteiger partial charge >= 0.3 is 12.2 Å². The first-order valence-electron chi connectivity index (χ1n) is 16.1. The number of nitrogens with two attached hydrogens (primary N) is 1. The zero-order valence-electron chi connectivity index (χ0n) is 25.9. The zero-order valence-corrected chi connectivity index (χ0v) is 26.6. The number of fused-ring (bicyclic) bond motifs is 1. The molecule has 1 aromatic heterocycles. The Hall–Kier alpha value is -3.55. The van der Waals surface area contributed by atoms with E-state index in [1.807, 2.05) is 4.90 Å². The summed E-state index contributed by atoms with van der Waals surface area (Å²) >= 11 is 7.02. The summed E-state index contributed by atoms with van der Waals surface area (Å²) < 4.78 is 94.3. The van der Waals surface area contributed by atoms with Crippen molar-refractivity contribution in [3.63, 3.8) is 0 Å². The molecule has 10 rings (SSSR count). The maximum absolute atomic E-state index is 17.1. The number of nitrogen functional groups attached to an aromatic ring is 1. The molecule has 1 unspecified atom stereocenters. The van der Waals surface area contributed by atoms with Gasteiger partial charge in [-0.2, -0.15) is 31.9 Å². The number of aryl methyl sites for hydroxylation is 1. The van der Waals surface area contributed by atoms with Crippen LogP contribution in [-0.2, 0) is 6.18 Å². The lowest BCUT2D eigenvalue weighted by molar-refractivity contribution is -0.137. The third-order valence-corrected chi connectivity index (χ3v) is 12.1. The van der Waals surface area contributed by atoms with Crippen LogP contribution in [0.3, 0.4) is 0 Å². The van der Waals surface area contributed by atoms with E-state index < -0.39 is 45.8 Å². The van der Waals surface area contributed by atoms with E-state index in [2.05, 4.69) is 21.8 Å². The molecule has 6 fully saturated rings. The lowest BCUT2D eigenvalue weighted by atomic mass is 9.88. The predicted octanol–water partition coefficient (Wildman–Crippen LogP) is 7.10. The predicted molar refractivity (Wildman–Crippen MR) is 170 cm³/mol. The van der Waals surface area contributed by atoms with E-state index in [0.29, 0.717) is 42.9 Å². The van der Waals surface area contributed by atoms with Crippen molar-refractivity contribution in [3.05, 3.63) is 57.9 Å². The topological polar surface area (TPSA) is 79.5 Å². The number of hydrogen-bond acceptors (Lipinski definition) is 7. The maximum atomic E-state index is 17.1. The van der Waals surface area contributed by atoms with Crippen molar-refractivity contribution in [3.8, 4) is 17.1 Å². The summed E-state index contributed by atoms with van der Waals surface area (Å²) in [5.74, 6) is -0.402. The van der Waals surface area contributed by atoms with E-state index in [1.54, 1.807) is 0 Å². The number of piperidine rings is 2. The average molecular weight is 689 g/mol. The van der Waals surface area contributed by atoms with Crippen molar-refractivity contribution >= 4 is 39.6 Å². The number of hydrogen-bond donors (Lipinski definition) is 2. The van der Waals surface area contributed by atoms with Crippen LogP contribution < -0.4 is 20.7 Å². The molecular formula is C34H31ClF6N6O. The molecule has 1 aliphatic carbocycles. The number of piperazine rings is 1. The SMILES string of the molecule is C=C1C[C@]23C4C[C@H](CN2c2nc(OC[C@@]56CCCN5CC(=C(F)F)C6)nc5c(F)c(-c6cc(N)cc(C)c6C(F)(F)F)c(Cl)c1c25)N[C@@H]43. The standard InChI is InChI=1S/C34H31ClF6N6O/c1-14-6-17(42)7-19(24(14)34(39,40)41)22-25(35)21-15(2)9-33-20-8-18(43-28(20)33)12-47(33)30-23(21)27(26(22)36)44-31(45-30)48-13-32-4-3-5-46(32)11-16(10-32)29(37)38/h6-7,18,20,28,43H,2-5,8-13,42H2,1H3/t18-,20?,28+,32+,33-/m1/s1. The molecule has 1 spiro atoms. The van der Waals surface area contributed by atoms with Gasteiger partial charge in [0.1, 0.15) is 17.9 Å². The third kappa shape index (κ3) is 3.98. The van der Waals surface area contributed by atoms with Crippen LogP contribution in [0, 0.1) is 18.7 Å². The van der Waals surface area contributed by atoms with E-state index in [-0.39, 0.29) is 76.3 Å². The highest BCUT2D eigenvalue weighted by Crippen LogP contribution is 2.66. The second-order valence-corrected chi connectivity index (χ2v) is 14.7. The van der Waals surface area contributed by atoms with Gasteiger partial charge in [-0.15, -0.1) is 0 Å². The number of anilines is 2. The largest absolute Gasteiger partial charge is 0.461 e. The van der Waals surface area contributed by atoms with Crippen molar-refractivity contribution in [2.24, 2.45) is 5.92 Å². The first kappa shape index (κ1) is 30.5. The van der Waals surface area contributed by atoms with Gasteiger partial charge in [-0.3, -0.25) is 4.90 Å². The smallest absolute Gasteiger partial charge is 0.417 e. The van der Waals surface area contributed by atoms with Crippen molar-refractivity contribution in [1.29, 1.82) is 0 Å². The minimum atomic E-state index is -4.85. The monoisotopic (exact) mass is 688 g/mol. The van der Waals surface area contributed by atoms with Gasteiger partial charge in [0.2, 0.25) is 0 Å². The van der Waals surface area contributed by atoms with Gasteiger partial charge in [-0.05, 0) is 68.8 Å². The summed E-state index contributed by atoms with van der Waals surface area (Å²) in [5.41, 5.74) is 3.41. The number of alkyl halides is 3. The molecule has 2 aromatic carbocycles. The second kappa shape index (κ2) is 9.79. The molecule has 4 bridgehead atoms. The Bertz CT molecular complexity index is 2000. The first-order chi connectivity index (χ1) is 22.7. The van der Waals surface area contributed by atoms with Crippen LogP contribution in [0.15, 0.2) is 30.4 Å². The minimum Gasteiger partial charge on any atom is -0.461 e. The van der Waals surface area contributed by atoms with E-state index in [0.717, 1.165) is 18.9 Å². The molecule has 7 nitrogen and oxygen atoms in total. The molecule has 6 aliphatic heterocycles. The zero-order chi connectivity index (χ0) is 33.7. The number of halogens is 7. The Morgan fingerprint density at radius 3 is 2.71 bits per heavy atom. The van der Waals surface area contributed by atoms with E-state index in [1.165, 1.54) is 13.0 Å². The fraction of sp³-hybridized carbons (Fsp3) is 0.471. The number of nitrogens with zero attached hydrogens (tertiary/aromatic N) is 4. The van der Waals surface area contributed by atoms with Crippen LogP contribution in [0.1, 0.15) is 48.8 Å². The Labute approximate surface area is 276 Å². The maximum Gasteiger partial charge on any atom is 0.417 e. The lowest BCUT2D eigenvalue weighted by Crippen LogP contribution is -2.58. The molecule has 7 heterocycles. The molecule has 14 heteroatoms. The number of ether oxygens (including phenoxy) is 1. The molecule has 7 aliphatic rings. The molecule has 0 radical (unpaired) electrons. The normalized spacial score (nSPS) is 30.2. The third-order valence-electron chi connectivity index (χ3n) is 11.7. The average Bonchev–Trinajstić information content (AvgIpc) is 3.32. The van der Waals surface area contributed by atoms with Crippen molar-refractivity contribution in [1.82, 2.24) is 20.2 Å². The fourth-order valence-corrected chi connectivity index (χ4v) is 10.2. The van der Waals surface area contributed by atoms with Gasteiger partial charge in [0.25, 0.3) is 6.08 Å². The van der Waals surface area contributed by atoms with Gasteiger partial charge < -0.3 is 20.7 Å². The van der Waals surface area contributed by atoms with Gasteiger partial charge in [-0.1, -0.05) is 18.2 Å². The molecular weight excluding hydrogens is 658 g/mol. The van der Waals surface area contributed by atoms with E-state index in [9.17, 15) is 22.0 Å².